The smallest absolute Gasteiger partial charge is 0.321 e. The average molecular weight is 332 g/mol. The number of hydrogen-bond acceptors (Lipinski definition) is 4. The maximum absolute atomic E-state index is 11.7. The summed E-state index contributed by atoms with van der Waals surface area (Å²) in [5.41, 5.74) is 1.93. The number of ether oxygens (including phenoxy) is 1. The summed E-state index contributed by atoms with van der Waals surface area (Å²) in [6.45, 7) is 1.51. The molecule has 0 aliphatic heterocycles. The number of amides is 3. The Kier molecular flexibility index (Phi) is 6.78. The lowest BCUT2D eigenvalue weighted by Crippen LogP contribution is -2.46. The molecule has 24 heavy (non-hydrogen) atoms. The second-order valence-electron chi connectivity index (χ2n) is 6.18. The third kappa shape index (κ3) is 6.40. The Balaban J connectivity index is 1.65. The number of esters is 1. The predicted octanol–water partition coefficient (Wildman–Crippen LogP) is 2.24. The minimum Gasteiger partial charge on any atom is -0.455 e. The fourth-order valence-corrected chi connectivity index (χ4v) is 2.70. The third-order valence-electron chi connectivity index (χ3n) is 4.03. The second-order valence-corrected chi connectivity index (χ2v) is 6.18. The van der Waals surface area contributed by atoms with E-state index < -0.39 is 24.5 Å². The van der Waals surface area contributed by atoms with Crippen LogP contribution >= 0.6 is 0 Å². The number of carbonyl (C=O) groups is 3. The summed E-state index contributed by atoms with van der Waals surface area (Å²) in [5.74, 6) is -1.12. The summed E-state index contributed by atoms with van der Waals surface area (Å²) in [6.07, 6.45) is 5.35. The van der Waals surface area contributed by atoms with Crippen LogP contribution in [-0.2, 0) is 20.7 Å². The van der Waals surface area contributed by atoms with Crippen LogP contribution in [0.25, 0.3) is 0 Å². The number of aryl methyl sites for hydroxylation is 1. The molecular weight excluding hydrogens is 308 g/mol. The van der Waals surface area contributed by atoms with Crippen molar-refractivity contribution in [3.05, 3.63) is 35.4 Å². The van der Waals surface area contributed by atoms with Gasteiger partial charge in [-0.2, -0.15) is 0 Å². The molecule has 0 radical (unpaired) electrons. The van der Waals surface area contributed by atoms with Gasteiger partial charge < -0.3 is 10.1 Å². The molecule has 0 aromatic heterocycles. The predicted molar refractivity (Wildman–Crippen MR) is 89.4 cm³/mol. The number of urea groups is 1. The lowest BCUT2D eigenvalue weighted by atomic mass is 9.96. The van der Waals surface area contributed by atoms with Crippen molar-refractivity contribution in [3.8, 4) is 0 Å². The van der Waals surface area contributed by atoms with Gasteiger partial charge in [0.15, 0.2) is 6.61 Å². The molecule has 0 bridgehead atoms. The summed E-state index contributed by atoms with van der Waals surface area (Å²) in [6, 6.07) is 7.09. The van der Waals surface area contributed by atoms with E-state index in [0.717, 1.165) is 36.8 Å². The topological polar surface area (TPSA) is 84.5 Å². The fraction of sp³-hybridized carbons (Fsp3) is 0.500. The van der Waals surface area contributed by atoms with E-state index in [9.17, 15) is 14.4 Å². The zero-order valence-electron chi connectivity index (χ0n) is 14.0. The molecule has 1 aromatic carbocycles. The molecule has 1 saturated carbocycles. The highest BCUT2D eigenvalue weighted by atomic mass is 16.5. The largest absolute Gasteiger partial charge is 0.455 e. The normalized spacial score (nSPS) is 14.7. The van der Waals surface area contributed by atoms with E-state index in [4.69, 9.17) is 4.74 Å². The van der Waals surface area contributed by atoms with Crippen molar-refractivity contribution < 1.29 is 19.1 Å². The van der Waals surface area contributed by atoms with Crippen LogP contribution in [0.2, 0.25) is 0 Å². The van der Waals surface area contributed by atoms with Crippen LogP contribution in [-0.4, -0.2) is 30.6 Å². The van der Waals surface area contributed by atoms with Gasteiger partial charge in [-0.3, -0.25) is 14.9 Å². The Morgan fingerprint density at radius 2 is 1.75 bits per heavy atom. The van der Waals surface area contributed by atoms with Crippen LogP contribution in [0, 0.1) is 6.92 Å². The first-order valence-electron chi connectivity index (χ1n) is 8.34. The van der Waals surface area contributed by atoms with E-state index >= 15 is 0 Å². The first-order chi connectivity index (χ1) is 11.5. The summed E-state index contributed by atoms with van der Waals surface area (Å²) < 4.78 is 4.90. The third-order valence-corrected chi connectivity index (χ3v) is 4.03. The average Bonchev–Trinajstić information content (AvgIpc) is 2.56. The number of hydrogen-bond donors (Lipinski definition) is 2. The molecule has 130 valence electrons. The second kappa shape index (κ2) is 9.05. The van der Waals surface area contributed by atoms with Gasteiger partial charge in [0.1, 0.15) is 0 Å². The Hall–Kier alpha value is -2.37. The van der Waals surface area contributed by atoms with E-state index in [1.165, 1.54) is 6.42 Å². The molecule has 2 rings (SSSR count). The Morgan fingerprint density at radius 1 is 1.08 bits per heavy atom. The van der Waals surface area contributed by atoms with Crippen LogP contribution in [0.15, 0.2) is 24.3 Å². The molecule has 0 saturated heterocycles. The number of benzene rings is 1. The van der Waals surface area contributed by atoms with Crippen molar-refractivity contribution in [1.29, 1.82) is 0 Å². The summed E-state index contributed by atoms with van der Waals surface area (Å²) in [7, 11) is 0. The van der Waals surface area contributed by atoms with Gasteiger partial charge in [0.05, 0.1) is 6.42 Å². The summed E-state index contributed by atoms with van der Waals surface area (Å²) in [5, 5.41) is 4.96. The van der Waals surface area contributed by atoms with Crippen LogP contribution < -0.4 is 10.6 Å². The molecule has 6 heteroatoms. The van der Waals surface area contributed by atoms with Crippen molar-refractivity contribution in [1.82, 2.24) is 10.6 Å². The lowest BCUT2D eigenvalue weighted by molar-refractivity contribution is -0.147. The standard InChI is InChI=1S/C18H24N2O4/c1-13-7-9-14(10-8-13)11-17(22)24-12-16(21)20-18(23)19-15-5-3-2-4-6-15/h7-10,15H,2-6,11-12H2,1H3,(H2,19,20,21,23). The quantitative estimate of drug-likeness (QED) is 0.810. The van der Waals surface area contributed by atoms with Crippen LogP contribution in [0.1, 0.15) is 43.2 Å². The zero-order chi connectivity index (χ0) is 17.4. The SMILES string of the molecule is Cc1ccc(CC(=O)OCC(=O)NC(=O)NC2CCCCC2)cc1. The number of rotatable bonds is 5. The van der Waals surface area contributed by atoms with Gasteiger partial charge in [0.2, 0.25) is 0 Å². The maximum Gasteiger partial charge on any atom is 0.321 e. The summed E-state index contributed by atoms with van der Waals surface area (Å²) >= 11 is 0. The van der Waals surface area contributed by atoms with Crippen molar-refractivity contribution in [3.63, 3.8) is 0 Å². The molecule has 6 nitrogen and oxygen atoms in total. The molecule has 2 N–H and O–H groups in total. The maximum atomic E-state index is 11.7. The van der Waals surface area contributed by atoms with Crippen molar-refractivity contribution in [2.45, 2.75) is 51.5 Å². The van der Waals surface area contributed by atoms with Crippen molar-refractivity contribution >= 4 is 17.9 Å². The first-order valence-corrected chi connectivity index (χ1v) is 8.34. The number of carbonyl (C=O) groups excluding carboxylic acids is 3. The zero-order valence-corrected chi connectivity index (χ0v) is 14.0. The van der Waals surface area contributed by atoms with Crippen LogP contribution in [0.4, 0.5) is 4.79 Å². The minimum absolute atomic E-state index is 0.0990. The van der Waals surface area contributed by atoms with Gasteiger partial charge in [-0.25, -0.2) is 4.79 Å². The Bertz CT molecular complexity index is 577. The number of imide groups is 1. The summed E-state index contributed by atoms with van der Waals surface area (Å²) in [4.78, 5) is 35.1. The van der Waals surface area contributed by atoms with Crippen molar-refractivity contribution in [2.75, 3.05) is 6.61 Å². The van der Waals surface area contributed by atoms with Crippen LogP contribution in [0.3, 0.4) is 0 Å². The molecule has 1 aromatic rings. The van der Waals surface area contributed by atoms with Gasteiger partial charge in [0, 0.05) is 6.04 Å². The van der Waals surface area contributed by atoms with E-state index in [1.807, 2.05) is 31.2 Å². The van der Waals surface area contributed by atoms with E-state index in [-0.39, 0.29) is 12.5 Å². The molecule has 0 heterocycles. The molecule has 0 atom stereocenters. The molecule has 1 aliphatic carbocycles. The van der Waals surface area contributed by atoms with Gasteiger partial charge in [0.25, 0.3) is 5.91 Å². The van der Waals surface area contributed by atoms with Gasteiger partial charge in [-0.1, -0.05) is 49.1 Å². The minimum atomic E-state index is -0.624. The highest BCUT2D eigenvalue weighted by Gasteiger charge is 2.17. The van der Waals surface area contributed by atoms with E-state index in [1.54, 1.807) is 0 Å². The van der Waals surface area contributed by atoms with E-state index in [0.29, 0.717) is 0 Å². The van der Waals surface area contributed by atoms with E-state index in [2.05, 4.69) is 10.6 Å². The monoisotopic (exact) mass is 332 g/mol. The number of nitrogens with one attached hydrogen (secondary N) is 2. The van der Waals surface area contributed by atoms with Crippen molar-refractivity contribution in [2.24, 2.45) is 0 Å². The molecule has 0 unspecified atom stereocenters. The lowest BCUT2D eigenvalue weighted by Gasteiger charge is -2.22. The fourth-order valence-electron chi connectivity index (χ4n) is 2.70. The first kappa shape index (κ1) is 18.0. The molecular formula is C18H24N2O4. The Labute approximate surface area is 142 Å². The Morgan fingerprint density at radius 3 is 2.42 bits per heavy atom. The van der Waals surface area contributed by atoms with Gasteiger partial charge >= 0.3 is 12.0 Å². The van der Waals surface area contributed by atoms with Gasteiger partial charge in [-0.05, 0) is 25.3 Å². The highest BCUT2D eigenvalue weighted by Crippen LogP contribution is 2.17. The molecule has 1 aliphatic rings. The van der Waals surface area contributed by atoms with Crippen LogP contribution in [0.5, 0.6) is 0 Å². The molecule has 3 amide bonds. The highest BCUT2D eigenvalue weighted by molar-refractivity contribution is 5.95. The molecule has 1 fully saturated rings. The molecule has 0 spiro atoms. The van der Waals surface area contributed by atoms with Gasteiger partial charge in [-0.15, -0.1) is 0 Å².